The van der Waals surface area contributed by atoms with Gasteiger partial charge >= 0.3 is 5.97 Å². The average molecular weight is 831 g/mol. The maximum absolute atomic E-state index is 11.0. The molecule has 0 aliphatic carbocycles. The summed E-state index contributed by atoms with van der Waals surface area (Å²) < 4.78 is 34.0. The van der Waals surface area contributed by atoms with Gasteiger partial charge in [0.15, 0.2) is 0 Å². The molecule has 348 valence electrons. The lowest BCUT2D eigenvalue weighted by Gasteiger charge is -2.26. The first kappa shape index (κ1) is 57.1. The summed E-state index contributed by atoms with van der Waals surface area (Å²) in [7, 11) is 0. The van der Waals surface area contributed by atoms with Crippen LogP contribution in [0.25, 0.3) is 0 Å². The van der Waals surface area contributed by atoms with Gasteiger partial charge in [-0.3, -0.25) is 4.79 Å². The van der Waals surface area contributed by atoms with Gasteiger partial charge in [0.05, 0.1) is 0 Å². The summed E-state index contributed by atoms with van der Waals surface area (Å²) in [6.07, 6.45) is 33.4. The highest BCUT2D eigenvalue weighted by Gasteiger charge is 2.10. The topological polar surface area (TPSA) is 99.2 Å². The number of nitrogens with zero attached hydrogens (tertiary/aromatic N) is 2. The third-order valence-electron chi connectivity index (χ3n) is 10.8. The molecule has 0 saturated heterocycles. The quantitative estimate of drug-likeness (QED) is 0.0471. The molecular weight excluding hydrogens is 733 g/mol. The molecule has 0 aromatic carbocycles. The maximum atomic E-state index is 11.0. The molecule has 0 aliphatic rings. The van der Waals surface area contributed by atoms with Gasteiger partial charge in [-0.05, 0) is 116 Å². The van der Waals surface area contributed by atoms with Crippen LogP contribution >= 0.6 is 0 Å². The first-order chi connectivity index (χ1) is 28.6. The Morgan fingerprint density at radius 2 is 0.569 bits per heavy atom. The number of ether oxygens (including phenoxy) is 6. The van der Waals surface area contributed by atoms with Crippen LogP contribution in [-0.4, -0.2) is 120 Å². The second-order valence-electron chi connectivity index (χ2n) is 16.5. The number of hydrogen-bond acceptors (Lipinski definition) is 9. The Bertz CT molecular complexity index is 750. The molecule has 0 heterocycles. The van der Waals surface area contributed by atoms with Gasteiger partial charge in [-0.1, -0.05) is 124 Å². The van der Waals surface area contributed by atoms with E-state index in [-0.39, 0.29) is 6.42 Å². The molecule has 0 aromatic rings. The van der Waals surface area contributed by atoms with E-state index >= 15 is 0 Å². The lowest BCUT2D eigenvalue weighted by atomic mass is 10.1. The number of unbranched alkanes of at least 4 members (excludes halogenated alkanes) is 20. The van der Waals surface area contributed by atoms with Crippen molar-refractivity contribution in [1.82, 2.24) is 9.80 Å². The van der Waals surface area contributed by atoms with Crippen LogP contribution in [-0.2, 0) is 33.2 Å². The van der Waals surface area contributed by atoms with E-state index in [2.05, 4.69) is 30.6 Å². The third-order valence-corrected chi connectivity index (χ3v) is 10.8. The Kier molecular flexibility index (Phi) is 49.8. The molecule has 0 radical (unpaired) electrons. The van der Waals surface area contributed by atoms with Crippen molar-refractivity contribution < 1.29 is 38.3 Å². The van der Waals surface area contributed by atoms with Crippen LogP contribution in [0.3, 0.4) is 0 Å². The molecule has 0 spiro atoms. The highest BCUT2D eigenvalue weighted by Crippen LogP contribution is 2.11. The summed E-state index contributed by atoms with van der Waals surface area (Å²) in [5, 5.41) is 9.07. The highest BCUT2D eigenvalue weighted by molar-refractivity contribution is 5.66. The number of carbonyl (C=O) groups is 1. The van der Waals surface area contributed by atoms with E-state index in [0.29, 0.717) is 20.4 Å². The fourth-order valence-corrected chi connectivity index (χ4v) is 7.08. The van der Waals surface area contributed by atoms with Gasteiger partial charge in [0, 0.05) is 46.1 Å². The molecule has 10 nitrogen and oxygen atoms in total. The summed E-state index contributed by atoms with van der Waals surface area (Å²) >= 11 is 0. The van der Waals surface area contributed by atoms with Crippen LogP contribution < -0.4 is 0 Å². The van der Waals surface area contributed by atoms with Crippen molar-refractivity contribution in [3.63, 3.8) is 0 Å². The minimum absolute atomic E-state index is 0.280. The van der Waals surface area contributed by atoms with Crippen LogP contribution in [0.4, 0.5) is 0 Å². The minimum atomic E-state index is -0.683. The van der Waals surface area contributed by atoms with Gasteiger partial charge in [-0.25, -0.2) is 0 Å². The van der Waals surface area contributed by atoms with Gasteiger partial charge in [0.2, 0.25) is 0 Å². The van der Waals surface area contributed by atoms with E-state index < -0.39 is 5.97 Å². The number of rotatable bonds is 52. The Balaban J connectivity index is 4.57. The van der Waals surface area contributed by atoms with Crippen molar-refractivity contribution >= 4 is 5.97 Å². The first-order valence-electron chi connectivity index (χ1n) is 24.8. The number of carboxylic acid groups (broad SMARTS) is 1. The van der Waals surface area contributed by atoms with Gasteiger partial charge in [-0.2, -0.15) is 0 Å². The van der Waals surface area contributed by atoms with Crippen molar-refractivity contribution in [2.45, 2.75) is 207 Å². The summed E-state index contributed by atoms with van der Waals surface area (Å²) in [6, 6.07) is 0. The Morgan fingerprint density at radius 1 is 0.328 bits per heavy atom. The first-order valence-corrected chi connectivity index (χ1v) is 24.8. The molecule has 0 bridgehead atoms. The minimum Gasteiger partial charge on any atom is -0.481 e. The molecular formula is C48H98N2O8. The van der Waals surface area contributed by atoms with Crippen LogP contribution in [0.2, 0.25) is 0 Å². The van der Waals surface area contributed by atoms with Crippen LogP contribution in [0, 0.1) is 0 Å². The van der Waals surface area contributed by atoms with Crippen molar-refractivity contribution in [2.75, 3.05) is 99.3 Å². The maximum Gasteiger partial charge on any atom is 0.303 e. The molecule has 0 saturated carbocycles. The molecule has 10 heteroatoms. The normalized spacial score (nSPS) is 11.8. The van der Waals surface area contributed by atoms with Crippen LogP contribution in [0.15, 0.2) is 0 Å². The average Bonchev–Trinajstić information content (AvgIpc) is 3.22. The third kappa shape index (κ3) is 47.8. The van der Waals surface area contributed by atoms with Crippen molar-refractivity contribution in [3.8, 4) is 0 Å². The molecule has 58 heavy (non-hydrogen) atoms. The van der Waals surface area contributed by atoms with Crippen molar-refractivity contribution in [3.05, 3.63) is 0 Å². The standard InChI is InChI=1S/C48H98N2O8/c1-4-7-10-25-39-53-45-56-42-28-16-13-21-33-49(34-22-14-17-29-43-57-46-54-40-26-11-8-5-2)37-31-38-50(36-24-19-20-32-48(51)52)35-23-15-18-30-44-58-47-55-41-27-12-9-6-3/h4-47H2,1-3H3,(H,51,52). The Hall–Kier alpha value is -0.850. The second-order valence-corrected chi connectivity index (χ2v) is 16.5. The monoisotopic (exact) mass is 831 g/mol. The molecule has 0 fully saturated rings. The summed E-state index contributed by atoms with van der Waals surface area (Å²) in [6.45, 7) is 19.6. The number of hydrogen-bond donors (Lipinski definition) is 1. The van der Waals surface area contributed by atoms with E-state index in [1.165, 1.54) is 135 Å². The second kappa shape index (κ2) is 50.5. The Labute approximate surface area is 359 Å². The fraction of sp³-hybridized carbons (Fsp3) is 0.979. The zero-order valence-corrected chi connectivity index (χ0v) is 38.8. The van der Waals surface area contributed by atoms with E-state index in [0.717, 1.165) is 124 Å². The molecule has 0 unspecified atom stereocenters. The Morgan fingerprint density at radius 3 is 0.845 bits per heavy atom. The molecule has 0 amide bonds. The lowest BCUT2D eigenvalue weighted by Crippen LogP contribution is -2.32. The lowest BCUT2D eigenvalue weighted by molar-refractivity contribution is -0.137. The zero-order chi connectivity index (χ0) is 42.1. The molecule has 0 atom stereocenters. The number of aliphatic carboxylic acids is 1. The van der Waals surface area contributed by atoms with Gasteiger partial charge in [0.1, 0.15) is 20.4 Å². The summed E-state index contributed by atoms with van der Waals surface area (Å²) in [5.74, 6) is -0.683. The van der Waals surface area contributed by atoms with E-state index in [1.54, 1.807) is 0 Å². The van der Waals surface area contributed by atoms with E-state index in [9.17, 15) is 4.79 Å². The molecule has 0 aliphatic heterocycles. The van der Waals surface area contributed by atoms with Gasteiger partial charge in [-0.15, -0.1) is 0 Å². The number of carboxylic acids is 1. The predicted molar refractivity (Wildman–Crippen MR) is 242 cm³/mol. The predicted octanol–water partition coefficient (Wildman–Crippen LogP) is 12.0. The van der Waals surface area contributed by atoms with Crippen molar-refractivity contribution in [2.24, 2.45) is 0 Å². The highest BCUT2D eigenvalue weighted by atomic mass is 16.7. The van der Waals surface area contributed by atoms with Gasteiger partial charge in [0.25, 0.3) is 0 Å². The SMILES string of the molecule is CCCCCCOCOCCCCCCN(CCCCCCOCOCCCCCC)CCCN(CCCCCCOCOCCCCCC)CCCCCC(=O)O. The van der Waals surface area contributed by atoms with E-state index in [1.807, 2.05) is 0 Å². The van der Waals surface area contributed by atoms with Gasteiger partial charge < -0.3 is 43.3 Å². The fourth-order valence-electron chi connectivity index (χ4n) is 7.08. The van der Waals surface area contributed by atoms with Crippen molar-refractivity contribution in [1.29, 1.82) is 0 Å². The summed E-state index contributed by atoms with van der Waals surface area (Å²) in [5.41, 5.74) is 0. The molecule has 0 aromatic heterocycles. The summed E-state index contributed by atoms with van der Waals surface area (Å²) in [4.78, 5) is 16.4. The van der Waals surface area contributed by atoms with Crippen LogP contribution in [0.5, 0.6) is 0 Å². The molecule has 1 N–H and O–H groups in total. The smallest absolute Gasteiger partial charge is 0.303 e. The largest absolute Gasteiger partial charge is 0.481 e. The van der Waals surface area contributed by atoms with Crippen LogP contribution in [0.1, 0.15) is 207 Å². The van der Waals surface area contributed by atoms with E-state index in [4.69, 9.17) is 33.5 Å². The zero-order valence-electron chi connectivity index (χ0n) is 38.8. The molecule has 0 rings (SSSR count).